The Morgan fingerprint density at radius 1 is 1.24 bits per heavy atom. The number of fused-ring (bicyclic) bond motifs is 1. The van der Waals surface area contributed by atoms with Crippen LogP contribution in [0.25, 0.3) is 10.9 Å². The van der Waals surface area contributed by atoms with Gasteiger partial charge in [0.2, 0.25) is 0 Å². The Labute approximate surface area is 200 Å². The molecule has 1 unspecified atom stereocenters. The molecule has 9 nitrogen and oxygen atoms in total. The highest BCUT2D eigenvalue weighted by molar-refractivity contribution is 7.98. The van der Waals surface area contributed by atoms with Crippen LogP contribution in [0, 0.1) is 0 Å². The minimum Gasteiger partial charge on any atom is -0.497 e. The van der Waals surface area contributed by atoms with Crippen LogP contribution in [-0.4, -0.2) is 37.7 Å². The van der Waals surface area contributed by atoms with Crippen molar-refractivity contribution in [3.8, 4) is 5.75 Å². The number of aromatic nitrogens is 5. The number of ether oxygens (including phenoxy) is 1. The summed E-state index contributed by atoms with van der Waals surface area (Å²) in [6.45, 7) is 6.14. The van der Waals surface area contributed by atoms with Gasteiger partial charge >= 0.3 is 0 Å². The number of hydrogen-bond acceptors (Lipinski definition) is 7. The van der Waals surface area contributed by atoms with Gasteiger partial charge in [-0.15, -0.1) is 16.8 Å². The molecular weight excluding hydrogens is 452 g/mol. The molecule has 0 saturated carbocycles. The third-order valence-corrected chi connectivity index (χ3v) is 6.12. The van der Waals surface area contributed by atoms with E-state index >= 15 is 0 Å². The van der Waals surface area contributed by atoms with Crippen LogP contribution in [0.2, 0.25) is 0 Å². The third-order valence-electron chi connectivity index (χ3n) is 5.14. The molecule has 1 atom stereocenters. The van der Waals surface area contributed by atoms with Crippen LogP contribution in [0.1, 0.15) is 35.0 Å². The van der Waals surface area contributed by atoms with Gasteiger partial charge in [0.05, 0.1) is 29.8 Å². The standard InChI is InChI=1S/C24H24N6O3S/c1-4-13-30-21(15(2)25-22(31)16-9-11-17(33-3)12-10-16)28-29-24(30)34-14-20-26-19-8-6-5-7-18(19)23(32)27-20/h4-12,15H,1,13-14H2,2-3H3,(H,25,31)(H,26,27,32). The molecule has 34 heavy (non-hydrogen) atoms. The van der Waals surface area contributed by atoms with Crippen molar-refractivity contribution in [3.05, 3.63) is 88.8 Å². The second-order valence-corrected chi connectivity index (χ2v) is 8.42. The van der Waals surface area contributed by atoms with E-state index in [9.17, 15) is 9.59 Å². The summed E-state index contributed by atoms with van der Waals surface area (Å²) < 4.78 is 7.02. The van der Waals surface area contributed by atoms with Crippen molar-refractivity contribution in [2.75, 3.05) is 7.11 Å². The van der Waals surface area contributed by atoms with E-state index in [1.807, 2.05) is 29.7 Å². The second kappa shape index (κ2) is 10.3. The first kappa shape index (κ1) is 23.2. The highest BCUT2D eigenvalue weighted by Crippen LogP contribution is 2.24. The predicted octanol–water partition coefficient (Wildman–Crippen LogP) is 3.49. The van der Waals surface area contributed by atoms with Crippen LogP contribution in [0.5, 0.6) is 5.75 Å². The van der Waals surface area contributed by atoms with Gasteiger partial charge in [0, 0.05) is 12.1 Å². The average Bonchev–Trinajstić information content (AvgIpc) is 3.25. The number of hydrogen-bond donors (Lipinski definition) is 2. The fraction of sp³-hybridized carbons (Fsp3) is 0.208. The van der Waals surface area contributed by atoms with Crippen molar-refractivity contribution < 1.29 is 9.53 Å². The first-order valence-corrected chi connectivity index (χ1v) is 11.6. The molecule has 0 aliphatic heterocycles. The van der Waals surface area contributed by atoms with Crippen molar-refractivity contribution in [1.29, 1.82) is 0 Å². The summed E-state index contributed by atoms with van der Waals surface area (Å²) in [5.41, 5.74) is 0.984. The molecule has 10 heteroatoms. The molecule has 4 rings (SSSR count). The molecule has 0 radical (unpaired) electrons. The van der Waals surface area contributed by atoms with Crippen molar-refractivity contribution in [2.45, 2.75) is 30.4 Å². The van der Waals surface area contributed by atoms with Gasteiger partial charge in [-0.25, -0.2) is 4.98 Å². The van der Waals surface area contributed by atoms with Crippen LogP contribution in [0.15, 0.2) is 71.1 Å². The predicted molar refractivity (Wildman–Crippen MR) is 131 cm³/mol. The van der Waals surface area contributed by atoms with E-state index in [-0.39, 0.29) is 11.5 Å². The number of aromatic amines is 1. The number of para-hydroxylation sites is 1. The molecular formula is C24H24N6O3S. The molecule has 0 fully saturated rings. The van der Waals surface area contributed by atoms with E-state index in [2.05, 4.69) is 32.1 Å². The number of rotatable bonds is 9. The number of allylic oxidation sites excluding steroid dienone is 1. The lowest BCUT2D eigenvalue weighted by Crippen LogP contribution is -2.28. The van der Waals surface area contributed by atoms with Gasteiger partial charge in [-0.3, -0.25) is 9.59 Å². The van der Waals surface area contributed by atoms with Crippen LogP contribution in [-0.2, 0) is 12.3 Å². The fourth-order valence-corrected chi connectivity index (χ4v) is 4.28. The molecule has 2 aromatic carbocycles. The van der Waals surface area contributed by atoms with Crippen LogP contribution >= 0.6 is 11.8 Å². The van der Waals surface area contributed by atoms with E-state index in [1.165, 1.54) is 11.8 Å². The summed E-state index contributed by atoms with van der Waals surface area (Å²) in [5, 5.41) is 12.7. The van der Waals surface area contributed by atoms with Gasteiger partial charge in [0.15, 0.2) is 11.0 Å². The zero-order valence-corrected chi connectivity index (χ0v) is 19.6. The summed E-state index contributed by atoms with van der Waals surface area (Å²) in [7, 11) is 1.58. The highest BCUT2D eigenvalue weighted by Gasteiger charge is 2.20. The molecule has 2 N–H and O–H groups in total. The largest absolute Gasteiger partial charge is 0.497 e. The van der Waals surface area contributed by atoms with Gasteiger partial charge < -0.3 is 19.6 Å². The summed E-state index contributed by atoms with van der Waals surface area (Å²) >= 11 is 1.40. The number of carbonyl (C=O) groups is 1. The van der Waals surface area contributed by atoms with Crippen molar-refractivity contribution in [3.63, 3.8) is 0 Å². The first-order valence-electron chi connectivity index (χ1n) is 10.6. The van der Waals surface area contributed by atoms with Gasteiger partial charge in [-0.2, -0.15) is 0 Å². The van der Waals surface area contributed by atoms with Gasteiger partial charge in [0.25, 0.3) is 11.5 Å². The Morgan fingerprint density at radius 2 is 2.00 bits per heavy atom. The number of carbonyl (C=O) groups excluding carboxylic acids is 1. The van der Waals surface area contributed by atoms with E-state index in [1.54, 1.807) is 43.5 Å². The van der Waals surface area contributed by atoms with Crippen molar-refractivity contribution in [1.82, 2.24) is 30.0 Å². The molecule has 0 saturated heterocycles. The number of methoxy groups -OCH3 is 1. The smallest absolute Gasteiger partial charge is 0.258 e. The molecule has 1 amide bonds. The minimum atomic E-state index is -0.394. The Bertz CT molecular complexity index is 1380. The van der Waals surface area contributed by atoms with Crippen LogP contribution in [0.4, 0.5) is 0 Å². The van der Waals surface area contributed by atoms with E-state index < -0.39 is 6.04 Å². The Balaban J connectivity index is 1.50. The van der Waals surface area contributed by atoms with Gasteiger partial charge in [-0.05, 0) is 43.3 Å². The summed E-state index contributed by atoms with van der Waals surface area (Å²) in [6, 6.07) is 13.7. The van der Waals surface area contributed by atoms with E-state index in [0.717, 1.165) is 0 Å². The van der Waals surface area contributed by atoms with E-state index in [4.69, 9.17) is 4.74 Å². The lowest BCUT2D eigenvalue weighted by atomic mass is 10.2. The first-order chi connectivity index (χ1) is 16.5. The number of amides is 1. The lowest BCUT2D eigenvalue weighted by Gasteiger charge is -2.15. The van der Waals surface area contributed by atoms with E-state index in [0.29, 0.717) is 51.3 Å². The molecule has 2 aromatic heterocycles. The Hall–Kier alpha value is -3.92. The maximum atomic E-state index is 12.7. The highest BCUT2D eigenvalue weighted by atomic mass is 32.2. The average molecular weight is 477 g/mol. The topological polar surface area (TPSA) is 115 Å². The number of nitrogens with one attached hydrogen (secondary N) is 2. The Kier molecular flexibility index (Phi) is 7.07. The maximum Gasteiger partial charge on any atom is 0.258 e. The number of benzene rings is 2. The second-order valence-electron chi connectivity index (χ2n) is 7.48. The summed E-state index contributed by atoms with van der Waals surface area (Å²) in [5.74, 6) is 2.00. The van der Waals surface area contributed by atoms with Crippen molar-refractivity contribution in [2.24, 2.45) is 0 Å². The molecule has 0 aliphatic rings. The molecule has 174 valence electrons. The molecule has 4 aromatic rings. The molecule has 0 aliphatic carbocycles. The van der Waals surface area contributed by atoms with Crippen LogP contribution < -0.4 is 15.6 Å². The Morgan fingerprint density at radius 3 is 2.74 bits per heavy atom. The SMILES string of the molecule is C=CCn1c(SCc2nc3ccccc3c(=O)[nH]2)nnc1C(C)NC(=O)c1ccc(OC)cc1. The lowest BCUT2D eigenvalue weighted by molar-refractivity contribution is 0.0937. The maximum absolute atomic E-state index is 12.7. The minimum absolute atomic E-state index is 0.177. The third kappa shape index (κ3) is 5.01. The van der Waals surface area contributed by atoms with Gasteiger partial charge in [0.1, 0.15) is 11.6 Å². The molecule has 0 bridgehead atoms. The molecule has 0 spiro atoms. The zero-order valence-electron chi connectivity index (χ0n) is 18.8. The van der Waals surface area contributed by atoms with Crippen molar-refractivity contribution >= 4 is 28.6 Å². The zero-order chi connectivity index (χ0) is 24.1. The number of thioether (sulfide) groups is 1. The molecule has 2 heterocycles. The normalized spacial score (nSPS) is 11.8. The van der Waals surface area contributed by atoms with Gasteiger partial charge in [-0.1, -0.05) is 30.0 Å². The quantitative estimate of drug-likeness (QED) is 0.281. The van der Waals surface area contributed by atoms with Crippen LogP contribution in [0.3, 0.4) is 0 Å². The fourth-order valence-electron chi connectivity index (χ4n) is 3.45. The summed E-state index contributed by atoms with van der Waals surface area (Å²) in [4.78, 5) is 32.4. The number of nitrogens with zero attached hydrogens (tertiary/aromatic N) is 4. The summed E-state index contributed by atoms with van der Waals surface area (Å²) in [6.07, 6.45) is 1.74. The number of H-pyrrole nitrogens is 1. The monoisotopic (exact) mass is 476 g/mol.